The van der Waals surface area contributed by atoms with Crippen molar-refractivity contribution in [1.29, 1.82) is 0 Å². The normalized spacial score (nSPS) is 18.8. The molecule has 0 bridgehead atoms. The first-order chi connectivity index (χ1) is 12.9. The van der Waals surface area contributed by atoms with Gasteiger partial charge in [0.25, 0.3) is 5.91 Å². The van der Waals surface area contributed by atoms with Crippen LogP contribution in [0.25, 0.3) is 11.3 Å². The Bertz CT molecular complexity index is 958. The van der Waals surface area contributed by atoms with Gasteiger partial charge in [0, 0.05) is 18.1 Å². The summed E-state index contributed by atoms with van der Waals surface area (Å²) in [7, 11) is 1.53. The molecule has 0 unspecified atom stereocenters. The average Bonchev–Trinajstić information content (AvgIpc) is 3.30. The number of hydrogen-bond acceptors (Lipinski definition) is 4. The van der Waals surface area contributed by atoms with Gasteiger partial charge in [0.15, 0.2) is 0 Å². The molecule has 1 aliphatic heterocycles. The van der Waals surface area contributed by atoms with Crippen LogP contribution in [0.15, 0.2) is 48.5 Å². The van der Waals surface area contributed by atoms with Gasteiger partial charge < -0.3 is 9.47 Å². The Morgan fingerprint density at radius 1 is 1.11 bits per heavy atom. The van der Waals surface area contributed by atoms with Gasteiger partial charge in [-0.1, -0.05) is 30.3 Å². The van der Waals surface area contributed by atoms with Crippen LogP contribution in [0.2, 0.25) is 0 Å². The van der Waals surface area contributed by atoms with Gasteiger partial charge in [-0.15, -0.1) is 0 Å². The van der Waals surface area contributed by atoms with Gasteiger partial charge in [-0.25, -0.2) is 4.90 Å². The molecule has 27 heavy (non-hydrogen) atoms. The van der Waals surface area contributed by atoms with Crippen molar-refractivity contribution in [3.8, 4) is 5.75 Å². The summed E-state index contributed by atoms with van der Waals surface area (Å²) in [5, 5.41) is 0. The van der Waals surface area contributed by atoms with Crippen LogP contribution in [-0.4, -0.2) is 24.5 Å². The van der Waals surface area contributed by atoms with Crippen LogP contribution in [0.4, 0.5) is 5.69 Å². The van der Waals surface area contributed by atoms with Crippen molar-refractivity contribution in [3.63, 3.8) is 0 Å². The van der Waals surface area contributed by atoms with E-state index in [2.05, 4.69) is 6.92 Å². The highest BCUT2D eigenvalue weighted by Gasteiger charge is 2.42. The van der Waals surface area contributed by atoms with Gasteiger partial charge in [0.05, 0.1) is 18.4 Å². The van der Waals surface area contributed by atoms with Crippen molar-refractivity contribution in [2.45, 2.75) is 32.3 Å². The van der Waals surface area contributed by atoms with Crippen LogP contribution in [-0.2, 0) is 14.3 Å². The van der Waals surface area contributed by atoms with Crippen molar-refractivity contribution in [2.24, 2.45) is 0 Å². The fourth-order valence-electron chi connectivity index (χ4n) is 3.36. The minimum Gasteiger partial charge on any atom is -0.495 e. The molecule has 138 valence electrons. The van der Waals surface area contributed by atoms with Crippen LogP contribution in [0.3, 0.4) is 0 Å². The zero-order chi connectivity index (χ0) is 19.2. The number of ether oxygens (including phenoxy) is 2. The van der Waals surface area contributed by atoms with Crippen molar-refractivity contribution in [2.75, 3.05) is 12.0 Å². The van der Waals surface area contributed by atoms with E-state index >= 15 is 0 Å². The van der Waals surface area contributed by atoms with Crippen molar-refractivity contribution < 1.29 is 19.1 Å². The predicted octanol–water partition coefficient (Wildman–Crippen LogP) is 4.03. The second-order valence-electron chi connectivity index (χ2n) is 7.16. The van der Waals surface area contributed by atoms with E-state index in [9.17, 15) is 9.59 Å². The van der Waals surface area contributed by atoms with Gasteiger partial charge in [-0.05, 0) is 38.0 Å². The highest BCUT2D eigenvalue weighted by molar-refractivity contribution is 6.42. The third-order valence-corrected chi connectivity index (χ3v) is 5.00. The third-order valence-electron chi connectivity index (χ3n) is 5.00. The van der Waals surface area contributed by atoms with Crippen molar-refractivity contribution in [1.82, 2.24) is 0 Å². The molecule has 1 heterocycles. The lowest BCUT2D eigenvalue weighted by molar-refractivity contribution is -0.122. The van der Waals surface area contributed by atoms with Crippen molar-refractivity contribution >= 4 is 28.8 Å². The number of nitrogens with zero attached hydrogens (tertiary/aromatic N) is 1. The van der Waals surface area contributed by atoms with Crippen LogP contribution < -0.4 is 9.64 Å². The summed E-state index contributed by atoms with van der Waals surface area (Å²) in [5.74, 6) is 0.420. The quantitative estimate of drug-likeness (QED) is 0.608. The second-order valence-corrected chi connectivity index (χ2v) is 7.16. The van der Waals surface area contributed by atoms with Crippen LogP contribution in [0.1, 0.15) is 37.8 Å². The number of imide groups is 1. The number of amides is 2. The molecule has 2 aromatic carbocycles. The largest absolute Gasteiger partial charge is 0.495 e. The molecule has 1 aliphatic carbocycles. The maximum Gasteiger partial charge on any atom is 0.269 e. The Morgan fingerprint density at radius 2 is 1.81 bits per heavy atom. The maximum atomic E-state index is 13.1. The molecule has 0 spiro atoms. The molecule has 1 fully saturated rings. The summed E-state index contributed by atoms with van der Waals surface area (Å²) in [5.41, 5.74) is 2.23. The molecule has 2 aromatic rings. The van der Waals surface area contributed by atoms with Crippen LogP contribution >= 0.6 is 0 Å². The molecule has 5 heteroatoms. The molecule has 0 N–H and O–H groups in total. The standard InChI is InChI=1S/C22H21NO4/c1-14(24)23-18-10-9-16(27-22(2)11-12-22)13-17(18)19(21(23)25)20(26-3)15-7-5-4-6-8-15/h4-10,13H,11-12H2,1-3H3/b20-19-. The first-order valence-corrected chi connectivity index (χ1v) is 8.96. The SMILES string of the molecule is CO/C(=C1\C(=O)N(C(C)=O)c2ccc(OC3(C)CC3)cc21)c1ccccc1. The number of rotatable bonds is 4. The Balaban J connectivity index is 1.90. The van der Waals surface area contributed by atoms with E-state index in [1.807, 2.05) is 42.5 Å². The van der Waals surface area contributed by atoms with Crippen molar-refractivity contribution in [3.05, 3.63) is 59.7 Å². The zero-order valence-corrected chi connectivity index (χ0v) is 15.6. The smallest absolute Gasteiger partial charge is 0.269 e. The number of hydrogen-bond donors (Lipinski definition) is 0. The Kier molecular flexibility index (Phi) is 4.02. The first-order valence-electron chi connectivity index (χ1n) is 8.96. The van der Waals surface area contributed by atoms with E-state index in [1.54, 1.807) is 6.07 Å². The predicted molar refractivity (Wildman–Crippen MR) is 103 cm³/mol. The lowest BCUT2D eigenvalue weighted by Gasteiger charge is -2.15. The number of methoxy groups -OCH3 is 1. The monoisotopic (exact) mass is 363 g/mol. The first kappa shape index (κ1) is 17.3. The number of carbonyl (C=O) groups is 2. The lowest BCUT2D eigenvalue weighted by Crippen LogP contribution is -2.31. The number of carbonyl (C=O) groups excluding carboxylic acids is 2. The highest BCUT2D eigenvalue weighted by atomic mass is 16.5. The maximum absolute atomic E-state index is 13.1. The van der Waals surface area contributed by atoms with E-state index < -0.39 is 0 Å². The molecular weight excluding hydrogens is 342 g/mol. The van der Waals surface area contributed by atoms with Crippen LogP contribution in [0.5, 0.6) is 5.75 Å². The third kappa shape index (κ3) is 2.99. The van der Waals surface area contributed by atoms with Crippen LogP contribution in [0, 0.1) is 0 Å². The fraction of sp³-hybridized carbons (Fsp3) is 0.273. The van der Waals surface area contributed by atoms with Gasteiger partial charge >= 0.3 is 0 Å². The highest BCUT2D eigenvalue weighted by Crippen LogP contribution is 2.45. The molecular formula is C22H21NO4. The van der Waals surface area contributed by atoms with E-state index in [0.29, 0.717) is 28.3 Å². The van der Waals surface area contributed by atoms with Gasteiger partial charge in [-0.3, -0.25) is 9.59 Å². The summed E-state index contributed by atoms with van der Waals surface area (Å²) in [6, 6.07) is 14.8. The topological polar surface area (TPSA) is 55.8 Å². The molecule has 0 aromatic heterocycles. The lowest BCUT2D eigenvalue weighted by atomic mass is 10.0. The Morgan fingerprint density at radius 3 is 2.41 bits per heavy atom. The summed E-state index contributed by atoms with van der Waals surface area (Å²) >= 11 is 0. The number of benzene rings is 2. The summed E-state index contributed by atoms with van der Waals surface area (Å²) < 4.78 is 11.7. The molecule has 0 atom stereocenters. The average molecular weight is 363 g/mol. The Hall–Kier alpha value is -3.08. The molecule has 1 saturated carbocycles. The molecule has 5 nitrogen and oxygen atoms in total. The molecule has 2 aliphatic rings. The second kappa shape index (κ2) is 6.27. The van der Waals surface area contributed by atoms with Gasteiger partial charge in [0.2, 0.25) is 5.91 Å². The van der Waals surface area contributed by atoms with E-state index in [0.717, 1.165) is 18.4 Å². The summed E-state index contributed by atoms with van der Waals surface area (Å²) in [6.07, 6.45) is 2.03. The zero-order valence-electron chi connectivity index (χ0n) is 15.6. The fourth-order valence-corrected chi connectivity index (χ4v) is 3.36. The number of fused-ring (bicyclic) bond motifs is 1. The summed E-state index contributed by atoms with van der Waals surface area (Å²) in [6.45, 7) is 3.45. The number of anilines is 1. The van der Waals surface area contributed by atoms with Gasteiger partial charge in [-0.2, -0.15) is 0 Å². The molecule has 0 saturated heterocycles. The van der Waals surface area contributed by atoms with E-state index in [4.69, 9.17) is 9.47 Å². The Labute approximate surface area is 158 Å². The molecule has 4 rings (SSSR count). The minimum absolute atomic E-state index is 0.134. The van der Waals surface area contributed by atoms with E-state index in [1.165, 1.54) is 18.9 Å². The van der Waals surface area contributed by atoms with E-state index in [-0.39, 0.29) is 17.4 Å². The summed E-state index contributed by atoms with van der Waals surface area (Å²) in [4.78, 5) is 26.4. The minimum atomic E-state index is -0.381. The van der Waals surface area contributed by atoms with Gasteiger partial charge in [0.1, 0.15) is 17.1 Å². The molecule has 0 radical (unpaired) electrons. The molecule has 2 amide bonds.